The van der Waals surface area contributed by atoms with E-state index in [1.807, 2.05) is 0 Å². The molecule has 0 bridgehead atoms. The van der Waals surface area contributed by atoms with Gasteiger partial charge in [0.05, 0.1) is 45.7 Å². The van der Waals surface area contributed by atoms with Crippen LogP contribution in [0.15, 0.2) is 24.3 Å². The Morgan fingerprint density at radius 1 is 0.952 bits per heavy atom. The van der Waals surface area contributed by atoms with E-state index in [0.717, 1.165) is 5.56 Å². The van der Waals surface area contributed by atoms with Gasteiger partial charge in [-0.25, -0.2) is 4.39 Å². The molecule has 1 aromatic rings. The summed E-state index contributed by atoms with van der Waals surface area (Å²) in [6.45, 7) is 3.22. The number of methoxy groups -OCH3 is 1. The van der Waals surface area contributed by atoms with Crippen molar-refractivity contribution in [1.82, 2.24) is 0 Å². The summed E-state index contributed by atoms with van der Waals surface area (Å²) in [6, 6.07) is 6.32. The van der Waals surface area contributed by atoms with Gasteiger partial charge in [0.15, 0.2) is 0 Å². The van der Waals surface area contributed by atoms with Crippen LogP contribution in [0, 0.1) is 5.82 Å². The number of ether oxygens (including phenoxy) is 4. The Hall–Kier alpha value is -0.530. The van der Waals surface area contributed by atoms with Gasteiger partial charge in [-0.3, -0.25) is 0 Å². The molecule has 1 aromatic carbocycles. The molecule has 0 heterocycles. The van der Waals surface area contributed by atoms with E-state index in [-0.39, 0.29) is 11.9 Å². The molecule has 120 valence electrons. The van der Waals surface area contributed by atoms with Crippen LogP contribution in [-0.2, 0) is 18.9 Å². The lowest BCUT2D eigenvalue weighted by Crippen LogP contribution is -2.14. The van der Waals surface area contributed by atoms with Crippen molar-refractivity contribution in [3.05, 3.63) is 35.6 Å². The van der Waals surface area contributed by atoms with Gasteiger partial charge in [0.2, 0.25) is 0 Å². The maximum absolute atomic E-state index is 12.9. The first-order valence-corrected chi connectivity index (χ1v) is 7.97. The standard InChI is InChI=1S/C15H22BrFO4/c1-18-6-7-19-8-9-20-10-11-21-15(12-16)13-2-4-14(17)5-3-13/h2-5,15H,6-12H2,1H3. The Balaban J connectivity index is 2.08. The summed E-state index contributed by atoms with van der Waals surface area (Å²) in [5.74, 6) is -0.246. The highest BCUT2D eigenvalue weighted by Gasteiger charge is 2.10. The van der Waals surface area contributed by atoms with E-state index >= 15 is 0 Å². The molecule has 0 radical (unpaired) electrons. The van der Waals surface area contributed by atoms with Gasteiger partial charge >= 0.3 is 0 Å². The lowest BCUT2D eigenvalue weighted by Gasteiger charge is -2.16. The third kappa shape index (κ3) is 8.48. The second-order valence-corrected chi connectivity index (χ2v) is 4.93. The molecular formula is C15H22BrFO4. The van der Waals surface area contributed by atoms with Crippen molar-refractivity contribution in [3.63, 3.8) is 0 Å². The summed E-state index contributed by atoms with van der Waals surface area (Å²) in [5.41, 5.74) is 0.941. The number of hydrogen-bond acceptors (Lipinski definition) is 4. The number of rotatable bonds is 12. The number of benzene rings is 1. The van der Waals surface area contributed by atoms with Crippen LogP contribution in [-0.4, -0.2) is 52.1 Å². The Morgan fingerprint density at radius 3 is 2.10 bits per heavy atom. The first kappa shape index (κ1) is 18.5. The molecule has 0 N–H and O–H groups in total. The minimum absolute atomic E-state index is 0.104. The smallest absolute Gasteiger partial charge is 0.123 e. The van der Waals surface area contributed by atoms with Gasteiger partial charge in [-0.1, -0.05) is 28.1 Å². The molecule has 0 aromatic heterocycles. The van der Waals surface area contributed by atoms with E-state index in [1.165, 1.54) is 12.1 Å². The van der Waals surface area contributed by atoms with Crippen LogP contribution in [0.4, 0.5) is 4.39 Å². The molecule has 0 aliphatic rings. The van der Waals surface area contributed by atoms with Crippen LogP contribution < -0.4 is 0 Å². The minimum Gasteiger partial charge on any atom is -0.382 e. The first-order valence-electron chi connectivity index (χ1n) is 6.85. The zero-order chi connectivity index (χ0) is 15.3. The summed E-state index contributed by atoms with van der Waals surface area (Å²) in [6.07, 6.45) is -0.104. The number of hydrogen-bond donors (Lipinski definition) is 0. The average Bonchev–Trinajstić information content (AvgIpc) is 2.51. The van der Waals surface area contributed by atoms with E-state index < -0.39 is 0 Å². The predicted octanol–water partition coefficient (Wildman–Crippen LogP) is 2.96. The summed E-state index contributed by atoms with van der Waals surface area (Å²) in [7, 11) is 1.64. The fourth-order valence-corrected chi connectivity index (χ4v) is 2.18. The molecule has 1 rings (SSSR count). The van der Waals surface area contributed by atoms with Crippen LogP contribution in [0.25, 0.3) is 0 Å². The molecule has 0 spiro atoms. The van der Waals surface area contributed by atoms with Crippen LogP contribution in [0.2, 0.25) is 0 Å². The second kappa shape index (κ2) is 12.1. The summed E-state index contributed by atoms with van der Waals surface area (Å²) in [4.78, 5) is 0. The molecule has 0 aliphatic carbocycles. The summed E-state index contributed by atoms with van der Waals surface area (Å²) >= 11 is 3.40. The van der Waals surface area contributed by atoms with Gasteiger partial charge in [0, 0.05) is 12.4 Å². The first-order chi connectivity index (χ1) is 10.3. The molecule has 21 heavy (non-hydrogen) atoms. The molecular weight excluding hydrogens is 343 g/mol. The molecule has 1 unspecified atom stereocenters. The molecule has 6 heteroatoms. The number of alkyl halides is 1. The highest BCUT2D eigenvalue weighted by molar-refractivity contribution is 9.09. The molecule has 1 atom stereocenters. The van der Waals surface area contributed by atoms with E-state index in [9.17, 15) is 4.39 Å². The third-order valence-corrected chi connectivity index (χ3v) is 3.32. The fourth-order valence-electron chi connectivity index (χ4n) is 1.62. The Morgan fingerprint density at radius 2 is 1.52 bits per heavy atom. The largest absolute Gasteiger partial charge is 0.382 e. The lowest BCUT2D eigenvalue weighted by molar-refractivity contribution is -0.0113. The summed E-state index contributed by atoms with van der Waals surface area (Å²) in [5, 5.41) is 0.652. The van der Waals surface area contributed by atoms with Crippen molar-refractivity contribution in [1.29, 1.82) is 0 Å². The van der Waals surface area contributed by atoms with Crippen molar-refractivity contribution in [2.75, 3.05) is 52.1 Å². The monoisotopic (exact) mass is 364 g/mol. The molecule has 4 nitrogen and oxygen atoms in total. The quantitative estimate of drug-likeness (QED) is 0.422. The van der Waals surface area contributed by atoms with Gasteiger partial charge < -0.3 is 18.9 Å². The van der Waals surface area contributed by atoms with Gasteiger partial charge in [-0.05, 0) is 17.7 Å². The maximum atomic E-state index is 12.9. The van der Waals surface area contributed by atoms with E-state index in [0.29, 0.717) is 45.0 Å². The maximum Gasteiger partial charge on any atom is 0.123 e. The number of halogens is 2. The molecule has 0 saturated heterocycles. The Kier molecular flexibility index (Phi) is 10.6. The van der Waals surface area contributed by atoms with E-state index in [1.54, 1.807) is 19.2 Å². The zero-order valence-corrected chi connectivity index (χ0v) is 13.8. The Labute approximate surface area is 133 Å². The average molecular weight is 365 g/mol. The molecule has 0 fully saturated rings. The van der Waals surface area contributed by atoms with Gasteiger partial charge in [0.1, 0.15) is 5.82 Å². The SMILES string of the molecule is COCCOCCOCCOC(CBr)c1ccc(F)cc1. The zero-order valence-electron chi connectivity index (χ0n) is 12.2. The third-order valence-electron chi connectivity index (χ3n) is 2.73. The predicted molar refractivity (Wildman–Crippen MR) is 82.4 cm³/mol. The highest BCUT2D eigenvalue weighted by Crippen LogP contribution is 2.19. The van der Waals surface area contributed by atoms with Gasteiger partial charge in [-0.15, -0.1) is 0 Å². The van der Waals surface area contributed by atoms with Crippen molar-refractivity contribution >= 4 is 15.9 Å². The second-order valence-electron chi connectivity index (χ2n) is 4.28. The van der Waals surface area contributed by atoms with E-state index in [4.69, 9.17) is 18.9 Å². The van der Waals surface area contributed by atoms with Crippen LogP contribution in [0.1, 0.15) is 11.7 Å². The highest BCUT2D eigenvalue weighted by atomic mass is 79.9. The lowest BCUT2D eigenvalue weighted by atomic mass is 10.1. The van der Waals surface area contributed by atoms with Gasteiger partial charge in [0.25, 0.3) is 0 Å². The minimum atomic E-state index is -0.246. The van der Waals surface area contributed by atoms with Crippen molar-refractivity contribution < 1.29 is 23.3 Å². The molecule has 0 amide bonds. The molecule has 0 saturated carbocycles. The normalized spacial score (nSPS) is 12.5. The van der Waals surface area contributed by atoms with Crippen LogP contribution in [0.5, 0.6) is 0 Å². The van der Waals surface area contributed by atoms with Crippen LogP contribution in [0.3, 0.4) is 0 Å². The topological polar surface area (TPSA) is 36.9 Å². The molecule has 0 aliphatic heterocycles. The van der Waals surface area contributed by atoms with E-state index in [2.05, 4.69) is 15.9 Å². The van der Waals surface area contributed by atoms with Crippen molar-refractivity contribution in [2.45, 2.75) is 6.10 Å². The van der Waals surface area contributed by atoms with Crippen molar-refractivity contribution in [2.24, 2.45) is 0 Å². The van der Waals surface area contributed by atoms with Crippen LogP contribution >= 0.6 is 15.9 Å². The van der Waals surface area contributed by atoms with Crippen molar-refractivity contribution in [3.8, 4) is 0 Å². The summed E-state index contributed by atoms with van der Waals surface area (Å²) < 4.78 is 34.1. The Bertz CT molecular complexity index is 361. The fraction of sp³-hybridized carbons (Fsp3) is 0.600. The van der Waals surface area contributed by atoms with Gasteiger partial charge in [-0.2, -0.15) is 0 Å².